The van der Waals surface area contributed by atoms with E-state index in [1.807, 2.05) is 0 Å². The van der Waals surface area contributed by atoms with Crippen LogP contribution in [0.15, 0.2) is 62.6 Å². The number of amidine groups is 2. The lowest BCUT2D eigenvalue weighted by Crippen LogP contribution is -2.35. The molecule has 140 valence electrons. The smallest absolute Gasteiger partial charge is 0.283 e. The summed E-state index contributed by atoms with van der Waals surface area (Å²) >= 11 is 4.62. The average Bonchev–Trinajstić information content (AvgIpc) is 3.14. The van der Waals surface area contributed by atoms with Crippen molar-refractivity contribution in [2.45, 2.75) is 6.61 Å². The lowest BCUT2D eigenvalue weighted by Gasteiger charge is -2.20. The molecule has 0 atom stereocenters. The number of carbonyl (C=O) groups excluding carboxylic acids is 1. The summed E-state index contributed by atoms with van der Waals surface area (Å²) in [6.45, 7) is 0.0942. The van der Waals surface area contributed by atoms with Gasteiger partial charge in [-0.3, -0.25) is 10.2 Å². The third-order valence-corrected chi connectivity index (χ3v) is 5.30. The number of fused-ring (bicyclic) bond motifs is 1. The highest BCUT2D eigenvalue weighted by molar-refractivity contribution is 9.10. The van der Waals surface area contributed by atoms with E-state index in [2.05, 4.69) is 26.0 Å². The fourth-order valence-corrected chi connectivity index (χ4v) is 3.72. The molecule has 0 saturated carbocycles. The first-order valence-corrected chi connectivity index (χ1v) is 9.79. The summed E-state index contributed by atoms with van der Waals surface area (Å²) in [7, 11) is 0. The van der Waals surface area contributed by atoms with Crippen molar-refractivity contribution in [3.05, 3.63) is 69.5 Å². The number of halogens is 2. The Morgan fingerprint density at radius 3 is 2.89 bits per heavy atom. The zero-order chi connectivity index (χ0) is 19.7. The van der Waals surface area contributed by atoms with E-state index in [1.54, 1.807) is 42.5 Å². The summed E-state index contributed by atoms with van der Waals surface area (Å²) < 4.78 is 20.0. The average molecular weight is 459 g/mol. The third-order valence-electron chi connectivity index (χ3n) is 4.00. The van der Waals surface area contributed by atoms with Gasteiger partial charge in [-0.2, -0.15) is 15.1 Å². The van der Waals surface area contributed by atoms with Crippen molar-refractivity contribution in [1.82, 2.24) is 5.01 Å². The largest absolute Gasteiger partial charge is 0.488 e. The van der Waals surface area contributed by atoms with Crippen LogP contribution in [0.2, 0.25) is 0 Å². The summed E-state index contributed by atoms with van der Waals surface area (Å²) in [6, 6.07) is 11.6. The summed E-state index contributed by atoms with van der Waals surface area (Å²) in [6.07, 6.45) is 1.58. The standard InChI is InChI=1S/C19H12BrFN4O2S/c20-14-8-11(5-6-16(14)27-9-12-3-1-2-4-15(12)21)7-13-17(22)25-19(24-18(13)26)28-10-23-25/h1-8,10,22H,9H2. The number of hydrogen-bond donors (Lipinski definition) is 1. The molecule has 0 spiro atoms. The minimum absolute atomic E-state index is 0.0211. The van der Waals surface area contributed by atoms with Gasteiger partial charge in [-0.1, -0.05) is 24.3 Å². The second-order valence-corrected chi connectivity index (χ2v) is 7.49. The number of rotatable bonds is 4. The molecule has 2 aliphatic rings. The van der Waals surface area contributed by atoms with Crippen LogP contribution in [0.4, 0.5) is 4.39 Å². The summed E-state index contributed by atoms with van der Waals surface area (Å²) in [5.41, 5.74) is 2.82. The van der Waals surface area contributed by atoms with Crippen molar-refractivity contribution in [3.8, 4) is 5.75 Å². The quantitative estimate of drug-likeness (QED) is 0.687. The van der Waals surface area contributed by atoms with Gasteiger partial charge in [0.2, 0.25) is 0 Å². The molecule has 1 N–H and O–H groups in total. The highest BCUT2D eigenvalue weighted by Crippen LogP contribution is 2.29. The highest BCUT2D eigenvalue weighted by atomic mass is 79.9. The van der Waals surface area contributed by atoms with Crippen LogP contribution >= 0.6 is 27.7 Å². The van der Waals surface area contributed by atoms with Crippen molar-refractivity contribution in [2.24, 2.45) is 10.1 Å². The highest BCUT2D eigenvalue weighted by Gasteiger charge is 2.32. The van der Waals surface area contributed by atoms with Crippen LogP contribution in [-0.4, -0.2) is 27.5 Å². The molecule has 2 heterocycles. The normalized spacial score (nSPS) is 17.1. The SMILES string of the molecule is N=C1C(=Cc2ccc(OCc3ccccc3F)c(Br)c2)C(=O)N=C2SC=NN12. The summed E-state index contributed by atoms with van der Waals surface area (Å²) in [4.78, 5) is 16.2. The predicted molar refractivity (Wildman–Crippen MR) is 111 cm³/mol. The van der Waals surface area contributed by atoms with E-state index in [9.17, 15) is 9.18 Å². The Morgan fingerprint density at radius 2 is 2.11 bits per heavy atom. The van der Waals surface area contributed by atoms with Gasteiger partial charge in [0.05, 0.1) is 15.6 Å². The maximum atomic E-state index is 13.7. The van der Waals surface area contributed by atoms with Crippen molar-refractivity contribution in [3.63, 3.8) is 0 Å². The fourth-order valence-electron chi connectivity index (χ4n) is 2.60. The lowest BCUT2D eigenvalue weighted by atomic mass is 10.1. The van der Waals surface area contributed by atoms with Crippen molar-refractivity contribution < 1.29 is 13.9 Å². The molecule has 0 aliphatic carbocycles. The number of nitrogens with zero attached hydrogens (tertiary/aromatic N) is 3. The number of ether oxygens (including phenoxy) is 1. The van der Waals surface area contributed by atoms with E-state index in [0.29, 0.717) is 26.5 Å². The van der Waals surface area contributed by atoms with E-state index in [0.717, 1.165) is 0 Å². The molecule has 0 saturated heterocycles. The molecule has 4 rings (SSSR count). The van der Waals surface area contributed by atoms with Gasteiger partial charge >= 0.3 is 0 Å². The Balaban J connectivity index is 1.54. The monoisotopic (exact) mass is 458 g/mol. The molecule has 28 heavy (non-hydrogen) atoms. The number of amides is 1. The molecule has 2 aliphatic heterocycles. The Labute approximate surface area is 172 Å². The lowest BCUT2D eigenvalue weighted by molar-refractivity contribution is -0.114. The Bertz CT molecular complexity index is 1080. The molecule has 0 unspecified atom stereocenters. The number of hydrazone groups is 1. The Kier molecular flexibility index (Phi) is 5.10. The first kappa shape index (κ1) is 18.6. The van der Waals surface area contributed by atoms with Crippen molar-refractivity contribution in [1.29, 1.82) is 5.41 Å². The molecule has 1 amide bonds. The molecule has 2 aromatic rings. The van der Waals surface area contributed by atoms with Gasteiger partial charge in [-0.05, 0) is 57.5 Å². The second-order valence-electron chi connectivity index (χ2n) is 5.83. The van der Waals surface area contributed by atoms with Crippen LogP contribution in [-0.2, 0) is 11.4 Å². The van der Waals surface area contributed by atoms with Gasteiger partial charge in [-0.15, -0.1) is 0 Å². The van der Waals surface area contributed by atoms with Gasteiger partial charge in [0, 0.05) is 5.56 Å². The maximum absolute atomic E-state index is 13.7. The minimum atomic E-state index is -0.481. The van der Waals surface area contributed by atoms with Crippen LogP contribution < -0.4 is 4.74 Å². The van der Waals surface area contributed by atoms with Crippen molar-refractivity contribution >= 4 is 56.2 Å². The van der Waals surface area contributed by atoms with Crippen LogP contribution in [0, 0.1) is 11.2 Å². The van der Waals surface area contributed by atoms with Crippen LogP contribution in [0.5, 0.6) is 5.75 Å². The molecular formula is C19H12BrFN4O2S. The number of aliphatic imine (C=N–C) groups is 1. The molecule has 6 nitrogen and oxygen atoms in total. The van der Waals surface area contributed by atoms with E-state index < -0.39 is 5.91 Å². The van der Waals surface area contributed by atoms with Gasteiger partial charge in [-0.25, -0.2) is 4.39 Å². The van der Waals surface area contributed by atoms with Crippen molar-refractivity contribution in [2.75, 3.05) is 0 Å². The van der Waals surface area contributed by atoms with Gasteiger partial charge in [0.25, 0.3) is 5.91 Å². The number of hydrogen-bond acceptors (Lipinski definition) is 5. The minimum Gasteiger partial charge on any atom is -0.488 e. The number of nitrogens with one attached hydrogen (secondary N) is 1. The first-order valence-electron chi connectivity index (χ1n) is 8.11. The second kappa shape index (κ2) is 7.69. The molecule has 0 radical (unpaired) electrons. The zero-order valence-electron chi connectivity index (χ0n) is 14.2. The maximum Gasteiger partial charge on any atom is 0.283 e. The summed E-state index contributed by atoms with van der Waals surface area (Å²) in [5, 5.41) is 13.9. The topological polar surface area (TPSA) is 78.1 Å². The number of thioether (sulfide) groups is 1. The Hall–Kier alpha value is -2.78. The van der Waals surface area contributed by atoms with E-state index in [-0.39, 0.29) is 23.8 Å². The predicted octanol–water partition coefficient (Wildman–Crippen LogP) is 4.42. The molecule has 2 aromatic carbocycles. The van der Waals surface area contributed by atoms with E-state index >= 15 is 0 Å². The van der Waals surface area contributed by atoms with Gasteiger partial charge < -0.3 is 4.74 Å². The van der Waals surface area contributed by atoms with Crippen LogP contribution in [0.3, 0.4) is 0 Å². The molecule has 0 bridgehead atoms. The molecule has 0 aromatic heterocycles. The molecular weight excluding hydrogens is 447 g/mol. The molecule has 0 fully saturated rings. The first-order chi connectivity index (χ1) is 13.5. The fraction of sp³-hybridized carbons (Fsp3) is 0.0526. The van der Waals surface area contributed by atoms with E-state index in [1.165, 1.54) is 28.4 Å². The van der Waals surface area contributed by atoms with Gasteiger partial charge in [0.15, 0.2) is 11.0 Å². The van der Waals surface area contributed by atoms with E-state index in [4.69, 9.17) is 10.1 Å². The van der Waals surface area contributed by atoms with Crippen LogP contribution in [0.25, 0.3) is 6.08 Å². The summed E-state index contributed by atoms with van der Waals surface area (Å²) in [5.74, 6) is -0.286. The number of benzene rings is 2. The Morgan fingerprint density at radius 1 is 1.29 bits per heavy atom. The molecule has 9 heteroatoms. The van der Waals surface area contributed by atoms with Crippen LogP contribution in [0.1, 0.15) is 11.1 Å². The zero-order valence-corrected chi connectivity index (χ0v) is 16.6. The number of carbonyl (C=O) groups is 1. The third kappa shape index (κ3) is 3.63. The van der Waals surface area contributed by atoms with Gasteiger partial charge in [0.1, 0.15) is 18.2 Å².